The van der Waals surface area contributed by atoms with Crippen molar-refractivity contribution in [2.24, 2.45) is 5.73 Å². The highest BCUT2D eigenvalue weighted by Crippen LogP contribution is 2.27. The zero-order valence-electron chi connectivity index (χ0n) is 8.10. The van der Waals surface area contributed by atoms with E-state index in [0.717, 1.165) is 5.56 Å². The van der Waals surface area contributed by atoms with Gasteiger partial charge in [-0.1, -0.05) is 6.07 Å². The molecule has 0 unspecified atom stereocenters. The molecule has 0 radical (unpaired) electrons. The zero-order chi connectivity index (χ0) is 10.1. The summed E-state index contributed by atoms with van der Waals surface area (Å²) < 4.78 is 17.8. The van der Waals surface area contributed by atoms with Gasteiger partial charge in [0, 0.05) is 17.2 Å². The molecule has 1 aromatic carbocycles. The van der Waals surface area contributed by atoms with Crippen LogP contribution in [0.5, 0.6) is 5.75 Å². The monoisotopic (exact) mass is 183 g/mol. The van der Waals surface area contributed by atoms with Gasteiger partial charge in [-0.2, -0.15) is 0 Å². The van der Waals surface area contributed by atoms with E-state index in [1.54, 1.807) is 6.07 Å². The standard InChI is InChI=1S/C10H14FNO/c1-10(2,12)8-5-4-7(11)6-9(8)13-3/h4-6H,12H2,1-3H3. The lowest BCUT2D eigenvalue weighted by Crippen LogP contribution is -2.29. The minimum atomic E-state index is -0.515. The summed E-state index contributed by atoms with van der Waals surface area (Å²) in [5.41, 5.74) is 6.17. The number of methoxy groups -OCH3 is 1. The third-order valence-electron chi connectivity index (χ3n) is 1.86. The van der Waals surface area contributed by atoms with Crippen LogP contribution in [0.1, 0.15) is 19.4 Å². The molecule has 0 aromatic heterocycles. The van der Waals surface area contributed by atoms with E-state index in [0.29, 0.717) is 5.75 Å². The molecule has 0 bridgehead atoms. The number of benzene rings is 1. The molecule has 0 atom stereocenters. The second-order valence-electron chi connectivity index (χ2n) is 3.57. The number of halogens is 1. The van der Waals surface area contributed by atoms with Crippen LogP contribution in [0.2, 0.25) is 0 Å². The maximum Gasteiger partial charge on any atom is 0.126 e. The molecule has 0 aliphatic heterocycles. The van der Waals surface area contributed by atoms with E-state index in [1.165, 1.54) is 19.2 Å². The Bertz CT molecular complexity index is 304. The smallest absolute Gasteiger partial charge is 0.126 e. The van der Waals surface area contributed by atoms with Gasteiger partial charge in [0.05, 0.1) is 7.11 Å². The highest BCUT2D eigenvalue weighted by molar-refractivity contribution is 5.38. The Hall–Kier alpha value is -1.09. The van der Waals surface area contributed by atoms with Crippen LogP contribution in [0.4, 0.5) is 4.39 Å². The summed E-state index contributed by atoms with van der Waals surface area (Å²) in [6, 6.07) is 4.37. The molecule has 0 aliphatic rings. The lowest BCUT2D eigenvalue weighted by molar-refractivity contribution is 0.391. The van der Waals surface area contributed by atoms with Crippen LogP contribution in [-0.2, 0) is 5.54 Å². The molecular formula is C10H14FNO. The van der Waals surface area contributed by atoms with Gasteiger partial charge in [0.1, 0.15) is 11.6 Å². The Morgan fingerprint density at radius 1 is 1.38 bits per heavy atom. The van der Waals surface area contributed by atoms with Gasteiger partial charge >= 0.3 is 0 Å². The largest absolute Gasteiger partial charge is 0.496 e. The first-order valence-corrected chi connectivity index (χ1v) is 4.08. The van der Waals surface area contributed by atoms with Gasteiger partial charge < -0.3 is 10.5 Å². The fourth-order valence-electron chi connectivity index (χ4n) is 1.20. The molecule has 0 aliphatic carbocycles. The van der Waals surface area contributed by atoms with Crippen molar-refractivity contribution in [2.75, 3.05) is 7.11 Å². The molecule has 13 heavy (non-hydrogen) atoms. The van der Waals surface area contributed by atoms with Crippen molar-refractivity contribution < 1.29 is 9.13 Å². The van der Waals surface area contributed by atoms with E-state index in [9.17, 15) is 4.39 Å². The van der Waals surface area contributed by atoms with Gasteiger partial charge in [-0.05, 0) is 19.9 Å². The lowest BCUT2D eigenvalue weighted by atomic mass is 9.95. The van der Waals surface area contributed by atoms with Crippen LogP contribution in [0, 0.1) is 5.82 Å². The van der Waals surface area contributed by atoms with E-state index < -0.39 is 5.54 Å². The molecule has 2 N–H and O–H groups in total. The van der Waals surface area contributed by atoms with Crippen molar-refractivity contribution in [3.05, 3.63) is 29.6 Å². The van der Waals surface area contributed by atoms with Crippen LogP contribution in [0.15, 0.2) is 18.2 Å². The molecule has 0 saturated heterocycles. The summed E-state index contributed by atoms with van der Waals surface area (Å²) in [5, 5.41) is 0. The Kier molecular flexibility index (Phi) is 2.57. The molecule has 0 spiro atoms. The van der Waals surface area contributed by atoms with Gasteiger partial charge in [0.15, 0.2) is 0 Å². The van der Waals surface area contributed by atoms with Gasteiger partial charge in [-0.25, -0.2) is 4.39 Å². The first-order chi connectivity index (χ1) is 5.95. The molecule has 0 heterocycles. The first kappa shape index (κ1) is 9.99. The van der Waals surface area contributed by atoms with Crippen LogP contribution in [0.25, 0.3) is 0 Å². The summed E-state index contributed by atoms with van der Waals surface area (Å²) in [6.07, 6.45) is 0. The molecule has 0 saturated carbocycles. The van der Waals surface area contributed by atoms with Crippen LogP contribution >= 0.6 is 0 Å². The van der Waals surface area contributed by atoms with Crippen molar-refractivity contribution in [1.29, 1.82) is 0 Å². The van der Waals surface area contributed by atoms with Crippen LogP contribution in [-0.4, -0.2) is 7.11 Å². The molecule has 72 valence electrons. The minimum absolute atomic E-state index is 0.315. The third kappa shape index (κ3) is 2.18. The number of rotatable bonds is 2. The molecule has 0 fully saturated rings. The fourth-order valence-corrected chi connectivity index (χ4v) is 1.20. The van der Waals surface area contributed by atoms with E-state index in [2.05, 4.69) is 0 Å². The highest BCUT2D eigenvalue weighted by atomic mass is 19.1. The summed E-state index contributed by atoms with van der Waals surface area (Å²) in [4.78, 5) is 0. The Labute approximate surface area is 77.5 Å². The van der Waals surface area contributed by atoms with Crippen molar-refractivity contribution >= 4 is 0 Å². The third-order valence-corrected chi connectivity index (χ3v) is 1.86. The van der Waals surface area contributed by atoms with Gasteiger partial charge in [-0.3, -0.25) is 0 Å². The summed E-state index contributed by atoms with van der Waals surface area (Å²) in [6.45, 7) is 3.70. The average Bonchev–Trinajstić information content (AvgIpc) is 2.01. The van der Waals surface area contributed by atoms with E-state index in [4.69, 9.17) is 10.5 Å². The predicted octanol–water partition coefficient (Wildman–Crippen LogP) is 2.03. The second-order valence-corrected chi connectivity index (χ2v) is 3.57. The number of hydrogen-bond donors (Lipinski definition) is 1. The van der Waals surface area contributed by atoms with Crippen molar-refractivity contribution in [3.8, 4) is 5.75 Å². The summed E-state index contributed by atoms with van der Waals surface area (Å²) in [5.74, 6) is 0.178. The average molecular weight is 183 g/mol. The quantitative estimate of drug-likeness (QED) is 0.761. The van der Waals surface area contributed by atoms with E-state index in [-0.39, 0.29) is 5.82 Å². The topological polar surface area (TPSA) is 35.2 Å². The van der Waals surface area contributed by atoms with Crippen LogP contribution < -0.4 is 10.5 Å². The highest BCUT2D eigenvalue weighted by Gasteiger charge is 2.19. The lowest BCUT2D eigenvalue weighted by Gasteiger charge is -2.21. The number of nitrogens with two attached hydrogens (primary N) is 1. The number of hydrogen-bond acceptors (Lipinski definition) is 2. The Balaban J connectivity index is 3.22. The van der Waals surface area contributed by atoms with Crippen LogP contribution in [0.3, 0.4) is 0 Å². The minimum Gasteiger partial charge on any atom is -0.496 e. The molecule has 0 amide bonds. The predicted molar refractivity (Wildman–Crippen MR) is 50.2 cm³/mol. The molecule has 3 heteroatoms. The number of ether oxygens (including phenoxy) is 1. The van der Waals surface area contributed by atoms with E-state index >= 15 is 0 Å². The van der Waals surface area contributed by atoms with Gasteiger partial charge in [-0.15, -0.1) is 0 Å². The van der Waals surface area contributed by atoms with Crippen molar-refractivity contribution in [3.63, 3.8) is 0 Å². The Morgan fingerprint density at radius 3 is 2.46 bits per heavy atom. The van der Waals surface area contributed by atoms with Crippen molar-refractivity contribution in [2.45, 2.75) is 19.4 Å². The molecule has 1 aromatic rings. The Morgan fingerprint density at radius 2 is 2.00 bits per heavy atom. The first-order valence-electron chi connectivity index (χ1n) is 4.08. The fraction of sp³-hybridized carbons (Fsp3) is 0.400. The molecular weight excluding hydrogens is 169 g/mol. The second kappa shape index (κ2) is 3.34. The SMILES string of the molecule is COc1cc(F)ccc1C(C)(C)N. The molecule has 2 nitrogen and oxygen atoms in total. The maximum atomic E-state index is 12.8. The summed E-state index contributed by atoms with van der Waals surface area (Å²) in [7, 11) is 1.50. The molecule has 1 rings (SSSR count). The van der Waals surface area contributed by atoms with E-state index in [1.807, 2.05) is 13.8 Å². The zero-order valence-corrected chi connectivity index (χ0v) is 8.10. The van der Waals surface area contributed by atoms with Gasteiger partial charge in [0.25, 0.3) is 0 Å². The van der Waals surface area contributed by atoms with Gasteiger partial charge in [0.2, 0.25) is 0 Å². The maximum absolute atomic E-state index is 12.8. The normalized spacial score (nSPS) is 11.5. The summed E-state index contributed by atoms with van der Waals surface area (Å²) >= 11 is 0. The van der Waals surface area contributed by atoms with Crippen molar-refractivity contribution in [1.82, 2.24) is 0 Å².